The summed E-state index contributed by atoms with van der Waals surface area (Å²) in [7, 11) is 0. The van der Waals surface area contributed by atoms with Gasteiger partial charge in [0.2, 0.25) is 5.91 Å². The van der Waals surface area contributed by atoms with Gasteiger partial charge < -0.3 is 9.64 Å². The first-order valence-corrected chi connectivity index (χ1v) is 8.91. The molecule has 2 bridgehead atoms. The van der Waals surface area contributed by atoms with Gasteiger partial charge in [-0.15, -0.1) is 0 Å². The van der Waals surface area contributed by atoms with E-state index in [1.54, 1.807) is 0 Å². The van der Waals surface area contributed by atoms with Gasteiger partial charge in [-0.3, -0.25) is 9.69 Å². The maximum atomic E-state index is 12.7. The number of hydrogen-bond donors (Lipinski definition) is 0. The van der Waals surface area contributed by atoms with Crippen molar-refractivity contribution >= 4 is 5.91 Å². The number of nitrogens with zero attached hydrogens (tertiary/aromatic N) is 2. The van der Waals surface area contributed by atoms with Gasteiger partial charge in [0, 0.05) is 32.7 Å². The number of carbonyl (C=O) groups is 1. The van der Waals surface area contributed by atoms with Crippen molar-refractivity contribution in [2.45, 2.75) is 44.9 Å². The van der Waals surface area contributed by atoms with Crippen molar-refractivity contribution in [1.82, 2.24) is 9.80 Å². The topological polar surface area (TPSA) is 32.8 Å². The van der Waals surface area contributed by atoms with E-state index in [4.69, 9.17) is 4.74 Å². The van der Waals surface area contributed by atoms with E-state index >= 15 is 0 Å². The Labute approximate surface area is 138 Å². The molecule has 3 unspecified atom stereocenters. The molecule has 3 atom stereocenters. The van der Waals surface area contributed by atoms with Crippen molar-refractivity contribution in [2.75, 3.05) is 26.2 Å². The maximum absolute atomic E-state index is 12.7. The number of ether oxygens (including phenoxy) is 1. The number of carbonyl (C=O) groups excluding carboxylic acids is 1. The number of aryl methyl sites for hydroxylation is 1. The summed E-state index contributed by atoms with van der Waals surface area (Å²) in [4.78, 5) is 17.2. The van der Waals surface area contributed by atoms with E-state index in [1.807, 2.05) is 0 Å². The highest BCUT2D eigenvalue weighted by Crippen LogP contribution is 2.34. The number of benzene rings is 1. The van der Waals surface area contributed by atoms with Gasteiger partial charge in [-0.2, -0.15) is 0 Å². The lowest BCUT2D eigenvalue weighted by molar-refractivity contribution is -0.137. The monoisotopic (exact) mass is 314 g/mol. The number of amides is 1. The van der Waals surface area contributed by atoms with Gasteiger partial charge in [0.1, 0.15) is 0 Å². The number of morpholine rings is 1. The van der Waals surface area contributed by atoms with Crippen LogP contribution in [0.2, 0.25) is 0 Å². The molecular formula is C19H26N2O2. The Kier molecular flexibility index (Phi) is 4.12. The number of fused-ring (bicyclic) bond motifs is 2. The van der Waals surface area contributed by atoms with Gasteiger partial charge in [0.05, 0.1) is 18.1 Å². The lowest BCUT2D eigenvalue weighted by Gasteiger charge is -2.33. The zero-order valence-electron chi connectivity index (χ0n) is 13.9. The summed E-state index contributed by atoms with van der Waals surface area (Å²) >= 11 is 0. The van der Waals surface area contributed by atoms with Crippen LogP contribution in [0.3, 0.4) is 0 Å². The molecule has 23 heavy (non-hydrogen) atoms. The van der Waals surface area contributed by atoms with Crippen LogP contribution < -0.4 is 0 Å². The first-order chi connectivity index (χ1) is 11.2. The lowest BCUT2D eigenvalue weighted by Crippen LogP contribution is -2.45. The van der Waals surface area contributed by atoms with Crippen LogP contribution in [0, 0.1) is 12.8 Å². The summed E-state index contributed by atoms with van der Waals surface area (Å²) < 4.78 is 6.09. The fourth-order valence-electron chi connectivity index (χ4n) is 4.37. The highest BCUT2D eigenvalue weighted by Gasteiger charge is 2.45. The molecule has 1 aromatic carbocycles. The number of rotatable bonds is 3. The number of likely N-dealkylation sites (tertiary alicyclic amines) is 2. The van der Waals surface area contributed by atoms with Crippen molar-refractivity contribution < 1.29 is 9.53 Å². The third kappa shape index (κ3) is 3.15. The van der Waals surface area contributed by atoms with E-state index in [2.05, 4.69) is 41.0 Å². The summed E-state index contributed by atoms with van der Waals surface area (Å²) in [5, 5.41) is 0. The summed E-state index contributed by atoms with van der Waals surface area (Å²) in [6.45, 7) is 6.82. The minimum absolute atomic E-state index is 0.0839. The third-order valence-corrected chi connectivity index (χ3v) is 5.46. The van der Waals surface area contributed by atoms with Crippen molar-refractivity contribution in [2.24, 2.45) is 5.92 Å². The average Bonchev–Trinajstić information content (AvgIpc) is 3.15. The standard InChI is InChI=1S/C19H26N2O2/c1-14-5-4-6-15(9-14)11-20-12-16-10-17(18(13-20)23-16)19(22)21-7-2-3-8-21/h4-6,9,16-18H,2-3,7-8,10-13H2,1H3. The van der Waals surface area contributed by atoms with Crippen LogP contribution in [-0.4, -0.2) is 54.1 Å². The molecular weight excluding hydrogens is 288 g/mol. The summed E-state index contributed by atoms with van der Waals surface area (Å²) in [5.41, 5.74) is 2.66. The average molecular weight is 314 g/mol. The first-order valence-electron chi connectivity index (χ1n) is 8.91. The third-order valence-electron chi connectivity index (χ3n) is 5.46. The van der Waals surface area contributed by atoms with Gasteiger partial charge in [-0.25, -0.2) is 0 Å². The largest absolute Gasteiger partial charge is 0.371 e. The van der Waals surface area contributed by atoms with Gasteiger partial charge in [-0.1, -0.05) is 29.8 Å². The zero-order valence-corrected chi connectivity index (χ0v) is 13.9. The van der Waals surface area contributed by atoms with Crippen LogP contribution in [0.1, 0.15) is 30.4 Å². The molecule has 0 radical (unpaired) electrons. The van der Waals surface area contributed by atoms with Crippen molar-refractivity contribution in [1.29, 1.82) is 0 Å². The molecule has 3 aliphatic rings. The van der Waals surface area contributed by atoms with Crippen molar-refractivity contribution in [3.8, 4) is 0 Å². The SMILES string of the molecule is Cc1cccc(CN2CC3CC(C(=O)N4CCCC4)C(C2)O3)c1. The Balaban J connectivity index is 1.41. The lowest BCUT2D eigenvalue weighted by atomic mass is 9.99. The van der Waals surface area contributed by atoms with Crippen LogP contribution in [0.25, 0.3) is 0 Å². The second-order valence-corrected chi connectivity index (χ2v) is 7.35. The zero-order chi connectivity index (χ0) is 15.8. The molecule has 1 aromatic rings. The molecule has 1 amide bonds. The highest BCUT2D eigenvalue weighted by molar-refractivity contribution is 5.80. The molecule has 0 aromatic heterocycles. The maximum Gasteiger partial charge on any atom is 0.228 e. The molecule has 3 heterocycles. The van der Waals surface area contributed by atoms with Gasteiger partial charge in [0.25, 0.3) is 0 Å². The quantitative estimate of drug-likeness (QED) is 0.857. The van der Waals surface area contributed by atoms with Crippen LogP contribution in [0.15, 0.2) is 24.3 Å². The van der Waals surface area contributed by atoms with E-state index < -0.39 is 0 Å². The molecule has 4 rings (SSSR count). The Hall–Kier alpha value is -1.39. The molecule has 0 saturated carbocycles. The predicted octanol–water partition coefficient (Wildman–Crippen LogP) is 2.21. The number of hydrogen-bond acceptors (Lipinski definition) is 3. The van der Waals surface area contributed by atoms with Crippen molar-refractivity contribution in [3.05, 3.63) is 35.4 Å². The molecule has 4 heteroatoms. The van der Waals surface area contributed by atoms with E-state index in [-0.39, 0.29) is 18.1 Å². The van der Waals surface area contributed by atoms with Gasteiger partial charge in [0.15, 0.2) is 0 Å². The highest BCUT2D eigenvalue weighted by atomic mass is 16.5. The predicted molar refractivity (Wildman–Crippen MR) is 89.0 cm³/mol. The van der Waals surface area contributed by atoms with Crippen LogP contribution >= 0.6 is 0 Å². The van der Waals surface area contributed by atoms with Crippen LogP contribution in [-0.2, 0) is 16.1 Å². The summed E-state index contributed by atoms with van der Waals surface area (Å²) in [6.07, 6.45) is 3.55. The van der Waals surface area contributed by atoms with Crippen LogP contribution in [0.4, 0.5) is 0 Å². The Morgan fingerprint density at radius 3 is 2.87 bits per heavy atom. The summed E-state index contributed by atoms with van der Waals surface area (Å²) in [5.74, 6) is 0.424. The van der Waals surface area contributed by atoms with E-state index in [0.717, 1.165) is 52.0 Å². The van der Waals surface area contributed by atoms with Crippen LogP contribution in [0.5, 0.6) is 0 Å². The summed E-state index contributed by atoms with van der Waals surface area (Å²) in [6, 6.07) is 8.71. The molecule has 124 valence electrons. The molecule has 3 saturated heterocycles. The Bertz CT molecular complexity index is 582. The molecule has 0 N–H and O–H groups in total. The van der Waals surface area contributed by atoms with Gasteiger partial charge in [-0.05, 0) is 31.7 Å². The van der Waals surface area contributed by atoms with E-state index in [1.165, 1.54) is 11.1 Å². The molecule has 4 nitrogen and oxygen atoms in total. The first kappa shape index (κ1) is 15.2. The molecule has 3 fully saturated rings. The minimum atomic E-state index is 0.0839. The normalized spacial score (nSPS) is 30.8. The fourth-order valence-corrected chi connectivity index (χ4v) is 4.37. The Morgan fingerprint density at radius 2 is 2.09 bits per heavy atom. The fraction of sp³-hybridized carbons (Fsp3) is 0.632. The van der Waals surface area contributed by atoms with Gasteiger partial charge >= 0.3 is 0 Å². The Morgan fingerprint density at radius 1 is 1.26 bits per heavy atom. The molecule has 0 spiro atoms. The second kappa shape index (κ2) is 6.25. The molecule has 0 aliphatic carbocycles. The van der Waals surface area contributed by atoms with Crippen molar-refractivity contribution in [3.63, 3.8) is 0 Å². The smallest absolute Gasteiger partial charge is 0.228 e. The van der Waals surface area contributed by atoms with E-state index in [0.29, 0.717) is 5.91 Å². The van der Waals surface area contributed by atoms with E-state index in [9.17, 15) is 4.79 Å². The minimum Gasteiger partial charge on any atom is -0.371 e. The molecule has 3 aliphatic heterocycles. The second-order valence-electron chi connectivity index (χ2n) is 7.35.